The van der Waals surface area contributed by atoms with Gasteiger partial charge in [-0.3, -0.25) is 0 Å². The Morgan fingerprint density at radius 1 is 1.11 bits per heavy atom. The normalized spacial score (nSPS) is 11.9. The molecule has 0 spiro atoms. The van der Waals surface area contributed by atoms with Crippen molar-refractivity contribution in [3.8, 4) is 17.2 Å². The smallest absolute Gasteiger partial charge is 0.169 e. The van der Waals surface area contributed by atoms with Crippen LogP contribution < -0.4 is 15.2 Å². The average Bonchev–Trinajstić information content (AvgIpc) is 2.47. The minimum atomic E-state index is -0.705. The Kier molecular flexibility index (Phi) is 4.39. The zero-order valence-corrected chi connectivity index (χ0v) is 10.7. The highest BCUT2D eigenvalue weighted by Crippen LogP contribution is 2.33. The second kappa shape index (κ2) is 6.22. The van der Waals surface area contributed by atoms with Crippen LogP contribution in [0.1, 0.15) is 11.7 Å². The Morgan fingerprint density at radius 2 is 1.84 bits per heavy atom. The molecule has 0 bridgehead atoms. The van der Waals surface area contributed by atoms with E-state index in [2.05, 4.69) is 0 Å². The van der Waals surface area contributed by atoms with Gasteiger partial charge in [0.05, 0.1) is 13.2 Å². The zero-order valence-electron chi connectivity index (χ0n) is 10.7. The Hall–Kier alpha value is -2.04. The predicted octanol–water partition coefficient (Wildman–Crippen LogP) is 2.48. The highest BCUT2D eigenvalue weighted by molar-refractivity contribution is 5.46. The van der Waals surface area contributed by atoms with Crippen LogP contribution >= 0.6 is 0 Å². The van der Waals surface area contributed by atoms with Gasteiger partial charge in [-0.15, -0.1) is 0 Å². The first-order valence-corrected chi connectivity index (χ1v) is 6.03. The van der Waals surface area contributed by atoms with Crippen molar-refractivity contribution < 1.29 is 14.6 Å². The standard InChI is InChI=1S/C15H17NO3/c1-18-14-8-7-11(13(17)10-16)9-15(14)19-12-5-3-2-4-6-12/h2-9,13,17H,10,16H2,1H3. The van der Waals surface area contributed by atoms with Crippen LogP contribution in [0.3, 0.4) is 0 Å². The van der Waals surface area contributed by atoms with Crippen molar-refractivity contribution in [3.05, 3.63) is 54.1 Å². The Morgan fingerprint density at radius 3 is 2.47 bits per heavy atom. The van der Waals surface area contributed by atoms with Crippen LogP contribution in [0.2, 0.25) is 0 Å². The quantitative estimate of drug-likeness (QED) is 0.865. The van der Waals surface area contributed by atoms with E-state index in [4.69, 9.17) is 15.2 Å². The lowest BCUT2D eigenvalue weighted by molar-refractivity contribution is 0.186. The summed E-state index contributed by atoms with van der Waals surface area (Å²) >= 11 is 0. The summed E-state index contributed by atoms with van der Waals surface area (Å²) < 4.78 is 11.0. The van der Waals surface area contributed by atoms with Crippen LogP contribution in [-0.2, 0) is 0 Å². The third-order valence-corrected chi connectivity index (χ3v) is 2.77. The van der Waals surface area contributed by atoms with E-state index in [1.165, 1.54) is 0 Å². The molecule has 0 fully saturated rings. The fraction of sp³-hybridized carbons (Fsp3) is 0.200. The van der Waals surface area contributed by atoms with Gasteiger partial charge in [0, 0.05) is 6.54 Å². The molecule has 1 atom stereocenters. The summed E-state index contributed by atoms with van der Waals surface area (Å²) in [6.07, 6.45) is -0.705. The number of hydrogen-bond donors (Lipinski definition) is 2. The van der Waals surface area contributed by atoms with Crippen molar-refractivity contribution in [1.82, 2.24) is 0 Å². The van der Waals surface area contributed by atoms with E-state index < -0.39 is 6.10 Å². The summed E-state index contributed by atoms with van der Waals surface area (Å²) in [5.74, 6) is 1.87. The zero-order chi connectivity index (χ0) is 13.7. The van der Waals surface area contributed by atoms with Gasteiger partial charge in [-0.05, 0) is 29.8 Å². The van der Waals surface area contributed by atoms with Crippen LogP contribution in [0.15, 0.2) is 48.5 Å². The van der Waals surface area contributed by atoms with Crippen molar-refractivity contribution >= 4 is 0 Å². The highest BCUT2D eigenvalue weighted by Gasteiger charge is 2.11. The van der Waals surface area contributed by atoms with E-state index in [1.54, 1.807) is 25.3 Å². The number of para-hydroxylation sites is 1. The maximum atomic E-state index is 9.76. The molecule has 0 radical (unpaired) electrons. The molecular weight excluding hydrogens is 242 g/mol. The van der Waals surface area contributed by atoms with E-state index in [-0.39, 0.29) is 6.54 Å². The molecule has 0 amide bonds. The van der Waals surface area contributed by atoms with Crippen LogP contribution in [0, 0.1) is 0 Å². The second-order valence-corrected chi connectivity index (χ2v) is 4.08. The van der Waals surface area contributed by atoms with E-state index in [0.29, 0.717) is 22.8 Å². The van der Waals surface area contributed by atoms with Gasteiger partial charge >= 0.3 is 0 Å². The summed E-state index contributed by atoms with van der Waals surface area (Å²) in [6.45, 7) is 0.164. The predicted molar refractivity (Wildman–Crippen MR) is 73.5 cm³/mol. The molecule has 0 aliphatic carbocycles. The lowest BCUT2D eigenvalue weighted by Crippen LogP contribution is -2.11. The molecule has 4 heteroatoms. The van der Waals surface area contributed by atoms with Gasteiger partial charge < -0.3 is 20.3 Å². The SMILES string of the molecule is COc1ccc(C(O)CN)cc1Oc1ccccc1. The van der Waals surface area contributed by atoms with Gasteiger partial charge in [-0.2, -0.15) is 0 Å². The maximum Gasteiger partial charge on any atom is 0.169 e. The fourth-order valence-electron chi connectivity index (χ4n) is 1.73. The number of methoxy groups -OCH3 is 1. The molecular formula is C15H17NO3. The van der Waals surface area contributed by atoms with Crippen molar-refractivity contribution in [2.24, 2.45) is 5.73 Å². The van der Waals surface area contributed by atoms with Crippen LogP contribution in [0.25, 0.3) is 0 Å². The van der Waals surface area contributed by atoms with Crippen molar-refractivity contribution in [1.29, 1.82) is 0 Å². The number of aliphatic hydroxyl groups excluding tert-OH is 1. The van der Waals surface area contributed by atoms with Gasteiger partial charge in [0.1, 0.15) is 5.75 Å². The molecule has 2 rings (SSSR count). The lowest BCUT2D eigenvalue weighted by Gasteiger charge is -2.14. The van der Waals surface area contributed by atoms with Crippen LogP contribution in [-0.4, -0.2) is 18.8 Å². The molecule has 4 nitrogen and oxygen atoms in total. The summed E-state index contributed by atoms with van der Waals surface area (Å²) in [6, 6.07) is 14.7. The number of benzene rings is 2. The van der Waals surface area contributed by atoms with E-state index in [0.717, 1.165) is 0 Å². The first kappa shape index (κ1) is 13.4. The number of rotatable bonds is 5. The van der Waals surface area contributed by atoms with Gasteiger partial charge in [-0.25, -0.2) is 0 Å². The number of ether oxygens (including phenoxy) is 2. The number of nitrogens with two attached hydrogens (primary N) is 1. The first-order chi connectivity index (χ1) is 9.24. The maximum absolute atomic E-state index is 9.76. The fourth-order valence-corrected chi connectivity index (χ4v) is 1.73. The van der Waals surface area contributed by atoms with Crippen LogP contribution in [0.4, 0.5) is 0 Å². The minimum Gasteiger partial charge on any atom is -0.493 e. The monoisotopic (exact) mass is 259 g/mol. The molecule has 19 heavy (non-hydrogen) atoms. The topological polar surface area (TPSA) is 64.7 Å². The number of aliphatic hydroxyl groups is 1. The van der Waals surface area contributed by atoms with Gasteiger partial charge in [-0.1, -0.05) is 24.3 Å². The van der Waals surface area contributed by atoms with E-state index in [1.807, 2.05) is 30.3 Å². The molecule has 2 aromatic rings. The summed E-state index contributed by atoms with van der Waals surface area (Å²) in [5.41, 5.74) is 6.16. The molecule has 0 aromatic heterocycles. The number of hydrogen-bond acceptors (Lipinski definition) is 4. The average molecular weight is 259 g/mol. The molecule has 0 aliphatic heterocycles. The molecule has 3 N–H and O–H groups in total. The van der Waals surface area contributed by atoms with E-state index in [9.17, 15) is 5.11 Å². The van der Waals surface area contributed by atoms with Crippen LogP contribution in [0.5, 0.6) is 17.2 Å². The third-order valence-electron chi connectivity index (χ3n) is 2.77. The van der Waals surface area contributed by atoms with Crippen molar-refractivity contribution in [2.75, 3.05) is 13.7 Å². The largest absolute Gasteiger partial charge is 0.493 e. The van der Waals surface area contributed by atoms with Gasteiger partial charge in [0.15, 0.2) is 11.5 Å². The third kappa shape index (κ3) is 3.24. The summed E-state index contributed by atoms with van der Waals surface area (Å²) in [4.78, 5) is 0. The van der Waals surface area contributed by atoms with Gasteiger partial charge in [0.2, 0.25) is 0 Å². The Balaban J connectivity index is 2.31. The first-order valence-electron chi connectivity index (χ1n) is 6.03. The second-order valence-electron chi connectivity index (χ2n) is 4.08. The minimum absolute atomic E-state index is 0.164. The Labute approximate surface area is 112 Å². The van der Waals surface area contributed by atoms with Crippen molar-refractivity contribution in [2.45, 2.75) is 6.10 Å². The molecule has 0 heterocycles. The molecule has 100 valence electrons. The Bertz CT molecular complexity index is 528. The summed E-state index contributed by atoms with van der Waals surface area (Å²) in [7, 11) is 1.58. The van der Waals surface area contributed by atoms with Crippen molar-refractivity contribution in [3.63, 3.8) is 0 Å². The molecule has 0 saturated heterocycles. The summed E-state index contributed by atoms with van der Waals surface area (Å²) in [5, 5.41) is 9.76. The molecule has 2 aromatic carbocycles. The molecule has 0 saturated carbocycles. The van der Waals surface area contributed by atoms with Gasteiger partial charge in [0.25, 0.3) is 0 Å². The molecule has 1 unspecified atom stereocenters. The molecule has 0 aliphatic rings. The highest BCUT2D eigenvalue weighted by atomic mass is 16.5. The lowest BCUT2D eigenvalue weighted by atomic mass is 10.1. The van der Waals surface area contributed by atoms with E-state index >= 15 is 0 Å².